The summed E-state index contributed by atoms with van der Waals surface area (Å²) < 4.78 is 0. The van der Waals surface area contributed by atoms with E-state index in [0.29, 0.717) is 6.42 Å². The summed E-state index contributed by atoms with van der Waals surface area (Å²) in [4.78, 5) is 13.1. The Labute approximate surface area is 78.4 Å². The Kier molecular flexibility index (Phi) is 5.64. The zero-order chi connectivity index (χ0) is 9.56. The maximum atomic E-state index is 11.0. The van der Waals surface area contributed by atoms with Gasteiger partial charge >= 0.3 is 0 Å². The largest absolute Gasteiger partial charge is 0.293 e. The molecule has 0 aliphatic carbocycles. The lowest BCUT2D eigenvalue weighted by Crippen LogP contribution is -1.90. The van der Waals surface area contributed by atoms with Crippen LogP contribution in [-0.4, -0.2) is 5.78 Å². The second-order valence-corrected chi connectivity index (χ2v) is 3.47. The second-order valence-electron chi connectivity index (χ2n) is 2.19. The van der Waals surface area contributed by atoms with Gasteiger partial charge in [0.1, 0.15) is 0 Å². The predicted molar refractivity (Wildman–Crippen MR) is 55.0 cm³/mol. The van der Waals surface area contributed by atoms with Crippen molar-refractivity contribution in [1.29, 1.82) is 0 Å². The zero-order valence-electron chi connectivity index (χ0n) is 8.18. The van der Waals surface area contributed by atoms with E-state index in [4.69, 9.17) is 0 Å². The van der Waals surface area contributed by atoms with Crippen molar-refractivity contribution in [1.82, 2.24) is 0 Å². The van der Waals surface area contributed by atoms with Crippen molar-refractivity contribution >= 4 is 17.1 Å². The normalized spacial score (nSPS) is 8.67. The van der Waals surface area contributed by atoms with Gasteiger partial charge in [0, 0.05) is 11.3 Å². The van der Waals surface area contributed by atoms with Gasteiger partial charge in [-0.1, -0.05) is 20.8 Å². The van der Waals surface area contributed by atoms with Crippen molar-refractivity contribution in [2.45, 2.75) is 34.1 Å². The predicted octanol–water partition coefficient (Wildman–Crippen LogP) is 3.68. The number of hydrogen-bond acceptors (Lipinski definition) is 2. The first-order valence-corrected chi connectivity index (χ1v) is 5.15. The molecule has 0 aromatic carbocycles. The summed E-state index contributed by atoms with van der Waals surface area (Å²) in [6.07, 6.45) is 0.611. The molecule has 0 amide bonds. The van der Waals surface area contributed by atoms with Crippen LogP contribution in [0.1, 0.15) is 41.7 Å². The number of thiophene rings is 1. The fourth-order valence-electron chi connectivity index (χ4n) is 0.759. The van der Waals surface area contributed by atoms with Crippen LogP contribution in [0.4, 0.5) is 0 Å². The molecular weight excluding hydrogens is 168 g/mol. The Morgan fingerprint density at radius 2 is 2.00 bits per heavy atom. The average molecular weight is 184 g/mol. The Bertz CT molecular complexity index is 238. The summed E-state index contributed by atoms with van der Waals surface area (Å²) in [7, 11) is 0. The van der Waals surface area contributed by atoms with Gasteiger partial charge in [0.2, 0.25) is 0 Å². The first kappa shape index (κ1) is 11.4. The highest BCUT2D eigenvalue weighted by Crippen LogP contribution is 2.16. The molecule has 0 spiro atoms. The van der Waals surface area contributed by atoms with Gasteiger partial charge in [-0.3, -0.25) is 4.79 Å². The quantitative estimate of drug-likeness (QED) is 0.641. The lowest BCUT2D eigenvalue weighted by atomic mass is 10.3. The molecule has 1 heterocycles. The van der Waals surface area contributed by atoms with Crippen LogP contribution in [-0.2, 0) is 0 Å². The van der Waals surface area contributed by atoms with Crippen LogP contribution in [0.2, 0.25) is 0 Å². The topological polar surface area (TPSA) is 17.1 Å². The molecule has 0 aliphatic rings. The number of carbonyl (C=O) groups excluding carboxylic acids is 1. The number of hydrogen-bond donors (Lipinski definition) is 0. The SMILES string of the molecule is CC.CCC(=O)c1ccc(C)s1. The fraction of sp³-hybridized carbons (Fsp3) is 0.500. The summed E-state index contributed by atoms with van der Waals surface area (Å²) in [5, 5.41) is 0. The van der Waals surface area contributed by atoms with Crippen LogP contribution < -0.4 is 0 Å². The number of rotatable bonds is 2. The Balaban J connectivity index is 0.000000561. The molecule has 1 aromatic rings. The van der Waals surface area contributed by atoms with Crippen molar-refractivity contribution < 1.29 is 4.79 Å². The van der Waals surface area contributed by atoms with E-state index in [1.165, 1.54) is 4.88 Å². The first-order chi connectivity index (χ1) is 5.74. The van der Waals surface area contributed by atoms with E-state index in [9.17, 15) is 4.79 Å². The highest BCUT2D eigenvalue weighted by Gasteiger charge is 2.03. The van der Waals surface area contributed by atoms with Crippen LogP contribution in [0, 0.1) is 6.92 Å². The van der Waals surface area contributed by atoms with Crippen LogP contribution in [0.5, 0.6) is 0 Å². The number of aryl methyl sites for hydroxylation is 1. The van der Waals surface area contributed by atoms with Gasteiger partial charge in [-0.15, -0.1) is 11.3 Å². The summed E-state index contributed by atoms with van der Waals surface area (Å²) in [6, 6.07) is 3.87. The number of Topliss-reactive ketones (excluding diaryl/α,β-unsaturated/α-hetero) is 1. The molecule has 2 heteroatoms. The molecule has 12 heavy (non-hydrogen) atoms. The van der Waals surface area contributed by atoms with Crippen LogP contribution >= 0.6 is 11.3 Å². The minimum Gasteiger partial charge on any atom is -0.293 e. The third kappa shape index (κ3) is 3.18. The molecule has 0 radical (unpaired) electrons. The molecule has 1 nitrogen and oxygen atoms in total. The Morgan fingerprint density at radius 3 is 2.33 bits per heavy atom. The Hall–Kier alpha value is -0.630. The molecule has 0 atom stereocenters. The summed E-state index contributed by atoms with van der Waals surface area (Å²) in [5.74, 6) is 0.248. The average Bonchev–Trinajstić information content (AvgIpc) is 2.54. The molecule has 0 unspecified atom stereocenters. The third-order valence-electron chi connectivity index (χ3n) is 1.34. The molecule has 1 aromatic heterocycles. The van der Waals surface area contributed by atoms with E-state index in [2.05, 4.69) is 0 Å². The van der Waals surface area contributed by atoms with Gasteiger partial charge in [0.05, 0.1) is 4.88 Å². The highest BCUT2D eigenvalue weighted by molar-refractivity contribution is 7.14. The van der Waals surface area contributed by atoms with Gasteiger partial charge < -0.3 is 0 Å². The van der Waals surface area contributed by atoms with E-state index in [1.54, 1.807) is 11.3 Å². The smallest absolute Gasteiger partial charge is 0.172 e. The van der Waals surface area contributed by atoms with Gasteiger partial charge in [0.15, 0.2) is 5.78 Å². The molecule has 68 valence electrons. The van der Waals surface area contributed by atoms with E-state index in [0.717, 1.165) is 4.88 Å². The monoisotopic (exact) mass is 184 g/mol. The molecule has 0 saturated carbocycles. The molecule has 1 rings (SSSR count). The molecular formula is C10H16OS. The van der Waals surface area contributed by atoms with E-state index in [1.807, 2.05) is 39.8 Å². The zero-order valence-corrected chi connectivity index (χ0v) is 8.99. The molecule has 0 saturated heterocycles. The van der Waals surface area contributed by atoms with Crippen molar-refractivity contribution in [2.24, 2.45) is 0 Å². The van der Waals surface area contributed by atoms with Gasteiger partial charge in [-0.05, 0) is 19.1 Å². The molecule has 0 bridgehead atoms. The Morgan fingerprint density at radius 1 is 1.42 bits per heavy atom. The lowest BCUT2D eigenvalue weighted by Gasteiger charge is -1.87. The van der Waals surface area contributed by atoms with Crippen molar-refractivity contribution in [2.75, 3.05) is 0 Å². The van der Waals surface area contributed by atoms with Crippen LogP contribution in [0.25, 0.3) is 0 Å². The maximum absolute atomic E-state index is 11.0. The second kappa shape index (κ2) is 5.95. The molecule has 0 fully saturated rings. The van der Waals surface area contributed by atoms with Crippen LogP contribution in [0.3, 0.4) is 0 Å². The summed E-state index contributed by atoms with van der Waals surface area (Å²) in [5.41, 5.74) is 0. The first-order valence-electron chi connectivity index (χ1n) is 4.33. The van der Waals surface area contributed by atoms with E-state index in [-0.39, 0.29) is 5.78 Å². The summed E-state index contributed by atoms with van der Waals surface area (Å²) >= 11 is 1.57. The minimum atomic E-state index is 0.248. The van der Waals surface area contributed by atoms with Gasteiger partial charge in [0.25, 0.3) is 0 Å². The van der Waals surface area contributed by atoms with E-state index >= 15 is 0 Å². The third-order valence-corrected chi connectivity index (χ3v) is 2.38. The summed E-state index contributed by atoms with van der Waals surface area (Å²) in [6.45, 7) is 7.90. The highest BCUT2D eigenvalue weighted by atomic mass is 32.1. The fourth-order valence-corrected chi connectivity index (χ4v) is 1.64. The maximum Gasteiger partial charge on any atom is 0.172 e. The van der Waals surface area contributed by atoms with Crippen molar-refractivity contribution in [3.63, 3.8) is 0 Å². The minimum absolute atomic E-state index is 0.248. The number of carbonyl (C=O) groups is 1. The standard InChI is InChI=1S/C8H10OS.C2H6/c1-3-7(9)8-5-4-6(2)10-8;1-2/h4-5H,3H2,1-2H3;1-2H3. The van der Waals surface area contributed by atoms with Crippen molar-refractivity contribution in [3.8, 4) is 0 Å². The van der Waals surface area contributed by atoms with Gasteiger partial charge in [-0.2, -0.15) is 0 Å². The lowest BCUT2D eigenvalue weighted by molar-refractivity contribution is 0.0992. The van der Waals surface area contributed by atoms with Crippen molar-refractivity contribution in [3.05, 3.63) is 21.9 Å². The molecule has 0 aliphatic heterocycles. The van der Waals surface area contributed by atoms with Gasteiger partial charge in [-0.25, -0.2) is 0 Å². The van der Waals surface area contributed by atoms with E-state index < -0.39 is 0 Å². The number of ketones is 1. The van der Waals surface area contributed by atoms with Crippen LogP contribution in [0.15, 0.2) is 12.1 Å². The molecule has 0 N–H and O–H groups in total.